The highest BCUT2D eigenvalue weighted by molar-refractivity contribution is 9.10. The lowest BCUT2D eigenvalue weighted by atomic mass is 10.1. The molecule has 0 unspecified atom stereocenters. The monoisotopic (exact) mass is 320 g/mol. The van der Waals surface area contributed by atoms with E-state index in [0.717, 1.165) is 29.9 Å². The average molecular weight is 321 g/mol. The van der Waals surface area contributed by atoms with Gasteiger partial charge in [0.2, 0.25) is 0 Å². The molecule has 0 radical (unpaired) electrons. The zero-order valence-corrected chi connectivity index (χ0v) is 12.8. The van der Waals surface area contributed by atoms with Gasteiger partial charge in [-0.05, 0) is 49.4 Å². The molecule has 19 heavy (non-hydrogen) atoms. The molecule has 3 heteroatoms. The number of halogens is 1. The maximum atomic E-state index is 5.74. The van der Waals surface area contributed by atoms with Gasteiger partial charge in [-0.1, -0.05) is 34.8 Å². The first-order valence-corrected chi connectivity index (χ1v) is 8.04. The Hall–Kier alpha value is -0.800. The third kappa shape index (κ3) is 2.72. The Bertz CT molecular complexity index is 567. The van der Waals surface area contributed by atoms with Gasteiger partial charge in [0, 0.05) is 28.1 Å². The number of fused-ring (bicyclic) bond motifs is 1. The van der Waals surface area contributed by atoms with E-state index in [-0.39, 0.29) is 0 Å². The van der Waals surface area contributed by atoms with Gasteiger partial charge in [-0.2, -0.15) is 0 Å². The molecule has 0 bridgehead atoms. The molecule has 0 atom stereocenters. The van der Waals surface area contributed by atoms with Crippen LogP contribution in [0, 0.1) is 5.92 Å². The van der Waals surface area contributed by atoms with Crippen molar-refractivity contribution in [3.05, 3.63) is 34.4 Å². The van der Waals surface area contributed by atoms with Crippen molar-refractivity contribution in [3.8, 4) is 0 Å². The van der Waals surface area contributed by atoms with Crippen LogP contribution in [0.25, 0.3) is 10.9 Å². The van der Waals surface area contributed by atoms with Crippen molar-refractivity contribution in [2.45, 2.75) is 38.6 Å². The Labute approximate surface area is 123 Å². The summed E-state index contributed by atoms with van der Waals surface area (Å²) in [5, 5.41) is 1.37. The predicted octanol–water partition coefficient (Wildman–Crippen LogP) is 4.10. The van der Waals surface area contributed by atoms with Gasteiger partial charge in [-0.3, -0.25) is 0 Å². The van der Waals surface area contributed by atoms with E-state index < -0.39 is 0 Å². The van der Waals surface area contributed by atoms with Crippen LogP contribution in [0.5, 0.6) is 0 Å². The van der Waals surface area contributed by atoms with Gasteiger partial charge in [0.15, 0.2) is 0 Å². The molecular formula is C16H21BrN2. The first kappa shape index (κ1) is 13.2. The lowest BCUT2D eigenvalue weighted by Gasteiger charge is -2.11. The minimum absolute atomic E-state index is 0.721. The van der Waals surface area contributed by atoms with Crippen molar-refractivity contribution in [2.75, 3.05) is 6.54 Å². The van der Waals surface area contributed by atoms with Crippen molar-refractivity contribution >= 4 is 26.8 Å². The third-order valence-electron chi connectivity index (χ3n) is 4.27. The molecule has 2 aromatic rings. The van der Waals surface area contributed by atoms with Crippen LogP contribution < -0.4 is 5.73 Å². The van der Waals surface area contributed by atoms with E-state index >= 15 is 0 Å². The highest BCUT2D eigenvalue weighted by atomic mass is 79.9. The summed E-state index contributed by atoms with van der Waals surface area (Å²) >= 11 is 3.59. The highest BCUT2D eigenvalue weighted by Gasteiger charge is 2.17. The Balaban J connectivity index is 1.99. The molecule has 1 aromatic heterocycles. The maximum Gasteiger partial charge on any atom is 0.0494 e. The zero-order chi connectivity index (χ0) is 13.2. The van der Waals surface area contributed by atoms with Crippen LogP contribution in [0.3, 0.4) is 0 Å². The molecule has 1 aromatic carbocycles. The molecule has 1 aliphatic carbocycles. The molecule has 1 aliphatic rings. The molecule has 2 N–H and O–H groups in total. The number of aromatic nitrogens is 1. The SMILES string of the molecule is NCCc1cn(CC2CCCC2)c2cc(Br)ccc12. The van der Waals surface area contributed by atoms with Crippen LogP contribution in [-0.2, 0) is 13.0 Å². The largest absolute Gasteiger partial charge is 0.347 e. The second-order valence-corrected chi connectivity index (χ2v) is 6.57. The summed E-state index contributed by atoms with van der Waals surface area (Å²) < 4.78 is 3.60. The summed E-state index contributed by atoms with van der Waals surface area (Å²) in [4.78, 5) is 0. The molecule has 0 spiro atoms. The van der Waals surface area contributed by atoms with Crippen LogP contribution in [0.15, 0.2) is 28.9 Å². The van der Waals surface area contributed by atoms with Gasteiger partial charge in [0.1, 0.15) is 0 Å². The van der Waals surface area contributed by atoms with Crippen LogP contribution in [-0.4, -0.2) is 11.1 Å². The summed E-state index contributed by atoms with van der Waals surface area (Å²) in [6.07, 6.45) is 8.88. The fourth-order valence-corrected chi connectivity index (χ4v) is 3.67. The molecule has 3 rings (SSSR count). The number of nitrogens with zero attached hydrogens (tertiary/aromatic N) is 1. The van der Waals surface area contributed by atoms with Gasteiger partial charge in [-0.25, -0.2) is 0 Å². The van der Waals surface area contributed by atoms with Crippen LogP contribution in [0.1, 0.15) is 31.2 Å². The van der Waals surface area contributed by atoms with E-state index in [1.54, 1.807) is 0 Å². The minimum atomic E-state index is 0.721. The lowest BCUT2D eigenvalue weighted by molar-refractivity contribution is 0.465. The second kappa shape index (κ2) is 5.68. The predicted molar refractivity (Wildman–Crippen MR) is 84.4 cm³/mol. The topological polar surface area (TPSA) is 30.9 Å². The normalized spacial score (nSPS) is 16.5. The Morgan fingerprint density at radius 2 is 2.05 bits per heavy atom. The first-order valence-electron chi connectivity index (χ1n) is 7.25. The number of hydrogen-bond donors (Lipinski definition) is 1. The number of hydrogen-bond acceptors (Lipinski definition) is 1. The van der Waals surface area contributed by atoms with Crippen LogP contribution in [0.4, 0.5) is 0 Å². The number of rotatable bonds is 4. The number of benzene rings is 1. The molecule has 1 heterocycles. The number of nitrogens with two attached hydrogens (primary N) is 1. The van der Waals surface area contributed by atoms with E-state index in [4.69, 9.17) is 5.73 Å². The van der Waals surface area contributed by atoms with Gasteiger partial charge in [0.25, 0.3) is 0 Å². The molecule has 1 fully saturated rings. The minimum Gasteiger partial charge on any atom is -0.347 e. The smallest absolute Gasteiger partial charge is 0.0494 e. The summed E-state index contributed by atoms with van der Waals surface area (Å²) in [6.45, 7) is 1.89. The van der Waals surface area contributed by atoms with Crippen molar-refractivity contribution in [3.63, 3.8) is 0 Å². The average Bonchev–Trinajstić information content (AvgIpc) is 3.00. The summed E-state index contributed by atoms with van der Waals surface area (Å²) in [6, 6.07) is 6.59. The standard InChI is InChI=1S/C16H21BrN2/c17-14-5-6-15-13(7-8-18)11-19(16(15)9-14)10-12-3-1-2-4-12/h5-6,9,11-12H,1-4,7-8,10,18H2. The Kier molecular flexibility index (Phi) is 3.94. The molecule has 0 aliphatic heterocycles. The van der Waals surface area contributed by atoms with E-state index in [9.17, 15) is 0 Å². The fourth-order valence-electron chi connectivity index (χ4n) is 3.32. The van der Waals surface area contributed by atoms with Crippen molar-refractivity contribution in [2.24, 2.45) is 11.7 Å². The van der Waals surface area contributed by atoms with Gasteiger partial charge in [-0.15, -0.1) is 0 Å². The van der Waals surface area contributed by atoms with Crippen molar-refractivity contribution in [1.82, 2.24) is 4.57 Å². The second-order valence-electron chi connectivity index (χ2n) is 5.66. The third-order valence-corrected chi connectivity index (χ3v) is 4.76. The lowest BCUT2D eigenvalue weighted by Crippen LogP contribution is -2.06. The van der Waals surface area contributed by atoms with Gasteiger partial charge < -0.3 is 10.3 Å². The Morgan fingerprint density at radius 1 is 1.26 bits per heavy atom. The van der Waals surface area contributed by atoms with Crippen molar-refractivity contribution < 1.29 is 0 Å². The molecule has 1 saturated carbocycles. The van der Waals surface area contributed by atoms with Crippen LogP contribution >= 0.6 is 15.9 Å². The Morgan fingerprint density at radius 3 is 2.79 bits per heavy atom. The highest BCUT2D eigenvalue weighted by Crippen LogP contribution is 2.30. The first-order chi connectivity index (χ1) is 9.28. The summed E-state index contributed by atoms with van der Waals surface area (Å²) in [5.41, 5.74) is 8.48. The summed E-state index contributed by atoms with van der Waals surface area (Å²) in [7, 11) is 0. The van der Waals surface area contributed by atoms with E-state index in [2.05, 4.69) is 44.9 Å². The summed E-state index contributed by atoms with van der Waals surface area (Å²) in [5.74, 6) is 0.861. The molecular weight excluding hydrogens is 300 g/mol. The molecule has 0 saturated heterocycles. The van der Waals surface area contributed by atoms with Gasteiger partial charge >= 0.3 is 0 Å². The zero-order valence-electron chi connectivity index (χ0n) is 11.2. The van der Waals surface area contributed by atoms with Crippen LogP contribution in [0.2, 0.25) is 0 Å². The molecule has 0 amide bonds. The molecule has 2 nitrogen and oxygen atoms in total. The maximum absolute atomic E-state index is 5.74. The quantitative estimate of drug-likeness (QED) is 0.903. The fraction of sp³-hybridized carbons (Fsp3) is 0.500. The molecule has 102 valence electrons. The van der Waals surface area contributed by atoms with Gasteiger partial charge in [0.05, 0.1) is 0 Å². The van der Waals surface area contributed by atoms with E-state index in [1.807, 2.05) is 0 Å². The van der Waals surface area contributed by atoms with Crippen molar-refractivity contribution in [1.29, 1.82) is 0 Å². The van der Waals surface area contributed by atoms with E-state index in [1.165, 1.54) is 42.1 Å². The van der Waals surface area contributed by atoms with E-state index in [0.29, 0.717) is 0 Å².